The molecule has 186 valence electrons. The highest BCUT2D eigenvalue weighted by Gasteiger charge is 2.28. The lowest BCUT2D eigenvalue weighted by Gasteiger charge is -2.33. The number of nitrogens with two attached hydrogens (primary N) is 1. The maximum absolute atomic E-state index is 12.8. The van der Waals surface area contributed by atoms with Gasteiger partial charge in [-0.15, -0.1) is 0 Å². The number of rotatable bonds is 7. The lowest BCUT2D eigenvalue weighted by atomic mass is 9.99. The van der Waals surface area contributed by atoms with Gasteiger partial charge in [0.05, 0.1) is 16.1 Å². The first-order chi connectivity index (χ1) is 17.4. The minimum absolute atomic E-state index is 0.346. The Morgan fingerprint density at radius 1 is 0.917 bits per heavy atom. The summed E-state index contributed by atoms with van der Waals surface area (Å²) >= 11 is 0. The van der Waals surface area contributed by atoms with Crippen molar-refractivity contribution >= 4 is 26.6 Å². The summed E-state index contributed by atoms with van der Waals surface area (Å²) in [4.78, 5) is 7.31. The lowest BCUT2D eigenvalue weighted by Crippen LogP contribution is -2.49. The van der Waals surface area contributed by atoms with E-state index in [0.717, 1.165) is 45.7 Å². The number of piperazine rings is 1. The predicted molar refractivity (Wildman–Crippen MR) is 143 cm³/mol. The number of nitrogen functional groups attached to an aromatic ring is 1. The highest BCUT2D eigenvalue weighted by atomic mass is 32.2. The van der Waals surface area contributed by atoms with Gasteiger partial charge in [-0.25, -0.2) is 8.42 Å². The van der Waals surface area contributed by atoms with Crippen LogP contribution in [0, 0.1) is 6.92 Å². The van der Waals surface area contributed by atoms with Crippen molar-refractivity contribution < 1.29 is 13.2 Å². The van der Waals surface area contributed by atoms with E-state index < -0.39 is 10.0 Å². The van der Waals surface area contributed by atoms with Crippen LogP contribution in [0.15, 0.2) is 83.8 Å². The molecule has 5 rings (SSSR count). The maximum atomic E-state index is 12.8. The van der Waals surface area contributed by atoms with E-state index in [-0.39, 0.29) is 0 Å². The van der Waals surface area contributed by atoms with Crippen molar-refractivity contribution in [2.24, 2.45) is 0 Å². The first-order valence-corrected chi connectivity index (χ1v) is 13.5. The predicted octanol–water partition coefficient (Wildman–Crippen LogP) is 4.18. The lowest BCUT2D eigenvalue weighted by molar-refractivity contribution is 0.159. The normalized spacial score (nSPS) is 15.2. The van der Waals surface area contributed by atoms with E-state index >= 15 is 0 Å². The molecule has 0 spiro atoms. The van der Waals surface area contributed by atoms with E-state index in [1.165, 1.54) is 0 Å². The molecule has 0 radical (unpaired) electrons. The number of nitrogens with zero attached hydrogens (tertiary/aromatic N) is 3. The van der Waals surface area contributed by atoms with Gasteiger partial charge >= 0.3 is 0 Å². The Balaban J connectivity index is 1.20. The number of pyridine rings is 1. The minimum atomic E-state index is -3.44. The Morgan fingerprint density at radius 2 is 1.64 bits per heavy atom. The molecule has 0 unspecified atom stereocenters. The van der Waals surface area contributed by atoms with E-state index in [2.05, 4.69) is 4.90 Å². The van der Waals surface area contributed by atoms with Crippen LogP contribution in [0.1, 0.15) is 5.69 Å². The second-order valence-corrected chi connectivity index (χ2v) is 10.9. The molecule has 0 amide bonds. The van der Waals surface area contributed by atoms with Crippen LogP contribution in [0.4, 0.5) is 5.69 Å². The summed E-state index contributed by atoms with van der Waals surface area (Å²) in [5.41, 5.74) is 10.9. The molecule has 2 N–H and O–H groups in total. The molecule has 1 saturated heterocycles. The van der Waals surface area contributed by atoms with Gasteiger partial charge in [0.15, 0.2) is 0 Å². The van der Waals surface area contributed by atoms with Crippen molar-refractivity contribution in [3.05, 3.63) is 84.6 Å². The van der Waals surface area contributed by atoms with Gasteiger partial charge in [-0.05, 0) is 42.8 Å². The topological polar surface area (TPSA) is 88.8 Å². The summed E-state index contributed by atoms with van der Waals surface area (Å²) in [6.07, 6.45) is 0. The average molecular weight is 503 g/mol. The molecule has 0 atom stereocenters. The molecule has 0 saturated carbocycles. The maximum Gasteiger partial charge on any atom is 0.243 e. The second-order valence-electron chi connectivity index (χ2n) is 8.94. The van der Waals surface area contributed by atoms with Crippen LogP contribution < -0.4 is 10.5 Å². The van der Waals surface area contributed by atoms with Crippen molar-refractivity contribution in [1.29, 1.82) is 0 Å². The molecule has 8 heteroatoms. The monoisotopic (exact) mass is 502 g/mol. The molecule has 1 aromatic heterocycles. The van der Waals surface area contributed by atoms with Crippen molar-refractivity contribution in [3.8, 4) is 16.9 Å². The van der Waals surface area contributed by atoms with Crippen molar-refractivity contribution in [2.75, 3.05) is 45.1 Å². The molecule has 7 nitrogen and oxygen atoms in total. The number of para-hydroxylation sites is 1. The molecule has 1 fully saturated rings. The van der Waals surface area contributed by atoms with Crippen molar-refractivity contribution in [1.82, 2.24) is 14.2 Å². The molecule has 0 aliphatic carbocycles. The van der Waals surface area contributed by atoms with Gasteiger partial charge in [0.25, 0.3) is 0 Å². The standard InChI is InChI=1S/C28H30N4O3S/c1-21-27(28(29)25-12-5-6-13-26(25)30-21)22-8-7-9-23(20-22)35-19-18-31-14-16-32(17-15-31)36(33,34)24-10-3-2-4-11-24/h2-13,20H,14-19H2,1H3,(H2,29,30). The molecular formula is C28H30N4O3S. The fourth-order valence-corrected chi connectivity index (χ4v) is 6.14. The van der Waals surface area contributed by atoms with Gasteiger partial charge in [-0.1, -0.05) is 48.5 Å². The van der Waals surface area contributed by atoms with Gasteiger partial charge in [0.1, 0.15) is 12.4 Å². The quantitative estimate of drug-likeness (QED) is 0.408. The number of anilines is 1. The Kier molecular flexibility index (Phi) is 6.91. The van der Waals surface area contributed by atoms with E-state index in [0.29, 0.717) is 37.7 Å². The van der Waals surface area contributed by atoms with E-state index in [1.807, 2.05) is 61.5 Å². The molecule has 0 bridgehead atoms. The Labute approximate surface area is 212 Å². The first kappa shape index (κ1) is 24.2. The van der Waals surface area contributed by atoms with E-state index in [1.54, 1.807) is 28.6 Å². The molecule has 3 aromatic carbocycles. The Morgan fingerprint density at radius 3 is 2.42 bits per heavy atom. The number of aryl methyl sites for hydroxylation is 1. The zero-order chi connectivity index (χ0) is 25.1. The SMILES string of the molecule is Cc1nc2ccccc2c(N)c1-c1cccc(OCCN2CCN(S(=O)(=O)c3ccccc3)CC2)c1. The number of ether oxygens (including phenoxy) is 1. The summed E-state index contributed by atoms with van der Waals surface area (Å²) in [7, 11) is -3.44. The zero-order valence-corrected chi connectivity index (χ0v) is 21.1. The average Bonchev–Trinajstić information content (AvgIpc) is 2.90. The van der Waals surface area contributed by atoms with E-state index in [4.69, 9.17) is 15.5 Å². The molecule has 2 heterocycles. The Hall–Kier alpha value is -3.46. The molecule has 1 aliphatic heterocycles. The van der Waals surface area contributed by atoms with Gasteiger partial charge in [-0.2, -0.15) is 4.31 Å². The number of hydrogen-bond acceptors (Lipinski definition) is 6. The third kappa shape index (κ3) is 4.93. The van der Waals surface area contributed by atoms with Gasteiger partial charge in [0, 0.05) is 49.4 Å². The highest BCUT2D eigenvalue weighted by Crippen LogP contribution is 2.35. The van der Waals surface area contributed by atoms with Crippen LogP contribution in [0.5, 0.6) is 5.75 Å². The number of sulfonamides is 1. The fourth-order valence-electron chi connectivity index (χ4n) is 4.70. The number of hydrogen-bond donors (Lipinski definition) is 1. The third-order valence-corrected chi connectivity index (χ3v) is 8.54. The van der Waals surface area contributed by atoms with Crippen LogP contribution in [-0.4, -0.2) is 61.9 Å². The number of benzene rings is 3. The van der Waals surface area contributed by atoms with Crippen LogP contribution in [0.2, 0.25) is 0 Å². The number of fused-ring (bicyclic) bond motifs is 1. The van der Waals surface area contributed by atoms with Crippen molar-refractivity contribution in [3.63, 3.8) is 0 Å². The summed E-state index contributed by atoms with van der Waals surface area (Å²) in [6.45, 7) is 5.51. The molecule has 1 aliphatic rings. The smallest absolute Gasteiger partial charge is 0.243 e. The molecule has 36 heavy (non-hydrogen) atoms. The first-order valence-electron chi connectivity index (χ1n) is 12.1. The second kappa shape index (κ2) is 10.3. The van der Waals surface area contributed by atoms with Crippen LogP contribution >= 0.6 is 0 Å². The van der Waals surface area contributed by atoms with Gasteiger partial charge < -0.3 is 10.5 Å². The summed E-state index contributed by atoms with van der Waals surface area (Å²) < 4.78 is 33.3. The summed E-state index contributed by atoms with van der Waals surface area (Å²) in [6, 6.07) is 24.4. The van der Waals surface area contributed by atoms with E-state index in [9.17, 15) is 8.42 Å². The van der Waals surface area contributed by atoms with Crippen LogP contribution in [0.25, 0.3) is 22.0 Å². The van der Waals surface area contributed by atoms with Crippen molar-refractivity contribution in [2.45, 2.75) is 11.8 Å². The highest BCUT2D eigenvalue weighted by molar-refractivity contribution is 7.89. The largest absolute Gasteiger partial charge is 0.492 e. The van der Waals surface area contributed by atoms with Crippen LogP contribution in [0.3, 0.4) is 0 Å². The Bertz CT molecular complexity index is 1470. The fraction of sp³-hybridized carbons (Fsp3) is 0.250. The van der Waals surface area contributed by atoms with Gasteiger partial charge in [-0.3, -0.25) is 9.88 Å². The minimum Gasteiger partial charge on any atom is -0.492 e. The molecular weight excluding hydrogens is 472 g/mol. The summed E-state index contributed by atoms with van der Waals surface area (Å²) in [5.74, 6) is 0.768. The zero-order valence-electron chi connectivity index (χ0n) is 20.3. The van der Waals surface area contributed by atoms with Gasteiger partial charge in [0.2, 0.25) is 10.0 Å². The van der Waals surface area contributed by atoms with Crippen LogP contribution in [-0.2, 0) is 10.0 Å². The number of aromatic nitrogens is 1. The molecule has 4 aromatic rings. The third-order valence-electron chi connectivity index (χ3n) is 6.62. The summed E-state index contributed by atoms with van der Waals surface area (Å²) in [5, 5.41) is 0.942.